The van der Waals surface area contributed by atoms with Crippen LogP contribution in [0.2, 0.25) is 5.02 Å². The number of phenolic OH excluding ortho intramolecular Hbond substituents is 1. The minimum absolute atomic E-state index is 0. The molecule has 1 N–H and O–H groups in total. The van der Waals surface area contributed by atoms with E-state index in [1.807, 2.05) is 0 Å². The van der Waals surface area contributed by atoms with Gasteiger partial charge in [-0.3, -0.25) is 9.21 Å². The molecule has 6 nitrogen and oxygen atoms in total. The highest BCUT2D eigenvalue weighted by molar-refractivity contribution is 7.92. The van der Waals surface area contributed by atoms with Crippen molar-refractivity contribution >= 4 is 39.7 Å². The Labute approximate surface area is 212 Å². The Morgan fingerprint density at radius 2 is 1.53 bits per heavy atom. The van der Waals surface area contributed by atoms with Crippen molar-refractivity contribution in [1.29, 1.82) is 0 Å². The van der Waals surface area contributed by atoms with Crippen molar-refractivity contribution in [2.45, 2.75) is 24.3 Å². The molecule has 0 atom stereocenters. The maximum absolute atomic E-state index is 13.5. The van der Waals surface area contributed by atoms with E-state index in [1.54, 1.807) is 60.7 Å². The van der Waals surface area contributed by atoms with E-state index in [4.69, 9.17) is 16.3 Å². The lowest BCUT2D eigenvalue weighted by molar-refractivity contribution is 0.238. The van der Waals surface area contributed by atoms with Crippen LogP contribution in [0.25, 0.3) is 0 Å². The molecule has 9 heteroatoms. The first kappa shape index (κ1) is 26.2. The third-order valence-electron chi connectivity index (χ3n) is 5.66. The number of rotatable bonds is 9. The summed E-state index contributed by atoms with van der Waals surface area (Å²) < 4.78 is 34.2. The molecular weight excluding hydrogens is 495 g/mol. The summed E-state index contributed by atoms with van der Waals surface area (Å²) in [6.07, 6.45) is 2.49. The minimum atomic E-state index is -3.86. The lowest BCUT2D eigenvalue weighted by atomic mass is 10.2. The van der Waals surface area contributed by atoms with Crippen molar-refractivity contribution in [2.24, 2.45) is 0 Å². The first-order chi connectivity index (χ1) is 15.9. The first-order valence-corrected chi connectivity index (χ1v) is 12.7. The van der Waals surface area contributed by atoms with Gasteiger partial charge in [-0.2, -0.15) is 0 Å². The number of hydrogen-bond acceptors (Lipinski definition) is 5. The largest absolute Gasteiger partial charge is 0.508 e. The second-order valence-corrected chi connectivity index (χ2v) is 10.3. The second kappa shape index (κ2) is 11.8. The van der Waals surface area contributed by atoms with Crippen LogP contribution >= 0.6 is 24.0 Å². The van der Waals surface area contributed by atoms with Crippen molar-refractivity contribution in [2.75, 3.05) is 30.5 Å². The van der Waals surface area contributed by atoms with Gasteiger partial charge in [-0.05, 0) is 92.2 Å². The maximum Gasteiger partial charge on any atom is 0.264 e. The Morgan fingerprint density at radius 1 is 0.912 bits per heavy atom. The standard InChI is InChI=1S/C25H27ClN2O4S.ClH/c26-21-5-13-25(14-6-21)33(30,31)28(19-20-3-9-23(29)10-4-20)22-7-11-24(12-8-22)32-18-17-27-15-1-2-16-27;/h3-14,29H,1-2,15-19H2;1H. The van der Waals surface area contributed by atoms with Crippen molar-refractivity contribution in [3.05, 3.63) is 83.4 Å². The average Bonchev–Trinajstić information content (AvgIpc) is 3.33. The van der Waals surface area contributed by atoms with E-state index in [1.165, 1.54) is 29.3 Å². The summed E-state index contributed by atoms with van der Waals surface area (Å²) in [5.74, 6) is 0.827. The first-order valence-electron chi connectivity index (χ1n) is 10.9. The molecule has 0 aliphatic carbocycles. The van der Waals surface area contributed by atoms with Gasteiger partial charge in [-0.25, -0.2) is 8.42 Å². The molecule has 0 saturated carbocycles. The van der Waals surface area contributed by atoms with Gasteiger partial charge in [0, 0.05) is 11.6 Å². The highest BCUT2D eigenvalue weighted by Crippen LogP contribution is 2.29. The van der Waals surface area contributed by atoms with Gasteiger partial charge in [0.1, 0.15) is 18.1 Å². The molecule has 4 rings (SSSR count). The van der Waals surface area contributed by atoms with Gasteiger partial charge in [0.2, 0.25) is 0 Å². The monoisotopic (exact) mass is 522 g/mol. The molecular formula is C25H28Cl2N2O4S. The molecule has 182 valence electrons. The molecule has 0 unspecified atom stereocenters. The predicted molar refractivity (Wildman–Crippen MR) is 138 cm³/mol. The molecule has 1 aliphatic rings. The molecule has 0 aromatic heterocycles. The van der Waals surface area contributed by atoms with E-state index < -0.39 is 10.0 Å². The number of ether oxygens (including phenoxy) is 1. The highest BCUT2D eigenvalue weighted by Gasteiger charge is 2.25. The van der Waals surface area contributed by atoms with E-state index in [0.29, 0.717) is 23.1 Å². The van der Waals surface area contributed by atoms with Gasteiger partial charge >= 0.3 is 0 Å². The Balaban J connectivity index is 0.00000324. The molecule has 0 radical (unpaired) electrons. The molecule has 0 amide bonds. The molecule has 1 saturated heterocycles. The highest BCUT2D eigenvalue weighted by atomic mass is 35.5. The van der Waals surface area contributed by atoms with Crippen LogP contribution in [0.3, 0.4) is 0 Å². The van der Waals surface area contributed by atoms with Gasteiger partial charge in [-0.15, -0.1) is 12.4 Å². The van der Waals surface area contributed by atoms with Crippen LogP contribution in [0.15, 0.2) is 77.7 Å². The number of benzene rings is 3. The zero-order valence-electron chi connectivity index (χ0n) is 18.6. The van der Waals surface area contributed by atoms with Crippen LogP contribution < -0.4 is 9.04 Å². The molecule has 1 fully saturated rings. The number of phenols is 1. The van der Waals surface area contributed by atoms with E-state index in [2.05, 4.69) is 4.90 Å². The molecule has 1 heterocycles. The quantitative estimate of drug-likeness (QED) is 0.410. The summed E-state index contributed by atoms with van der Waals surface area (Å²) in [4.78, 5) is 2.53. The number of halogens is 2. The number of anilines is 1. The van der Waals surface area contributed by atoms with E-state index in [0.717, 1.165) is 25.2 Å². The molecule has 34 heavy (non-hydrogen) atoms. The number of aromatic hydroxyl groups is 1. The van der Waals surface area contributed by atoms with Crippen molar-refractivity contribution in [1.82, 2.24) is 4.90 Å². The molecule has 0 spiro atoms. The van der Waals surface area contributed by atoms with E-state index in [9.17, 15) is 13.5 Å². The SMILES string of the molecule is Cl.O=S(=O)(c1ccc(Cl)cc1)N(Cc1ccc(O)cc1)c1ccc(OCCN2CCCC2)cc1. The third-order valence-corrected chi connectivity index (χ3v) is 7.70. The Kier molecular flexibility index (Phi) is 9.08. The van der Waals surface area contributed by atoms with Crippen LogP contribution in [0, 0.1) is 0 Å². The fourth-order valence-electron chi connectivity index (χ4n) is 3.82. The van der Waals surface area contributed by atoms with Crippen LogP contribution in [-0.4, -0.2) is 44.7 Å². The summed E-state index contributed by atoms with van der Waals surface area (Å²) in [5.41, 5.74) is 1.26. The van der Waals surface area contributed by atoms with Crippen LogP contribution in [-0.2, 0) is 16.6 Å². The van der Waals surface area contributed by atoms with Gasteiger partial charge < -0.3 is 9.84 Å². The lowest BCUT2D eigenvalue weighted by Crippen LogP contribution is -2.30. The number of nitrogens with zero attached hydrogens (tertiary/aromatic N) is 2. The normalized spacial score (nSPS) is 13.9. The zero-order valence-corrected chi connectivity index (χ0v) is 21.0. The van der Waals surface area contributed by atoms with Gasteiger partial charge in [-0.1, -0.05) is 23.7 Å². The topological polar surface area (TPSA) is 70.1 Å². The van der Waals surface area contributed by atoms with Crippen LogP contribution in [0.4, 0.5) is 5.69 Å². The predicted octanol–water partition coefficient (Wildman–Crippen LogP) is 5.34. The second-order valence-electron chi connectivity index (χ2n) is 8.02. The van der Waals surface area contributed by atoms with Gasteiger partial charge in [0.05, 0.1) is 17.1 Å². The Hall–Kier alpha value is -2.45. The van der Waals surface area contributed by atoms with Gasteiger partial charge in [0.25, 0.3) is 10.0 Å². The molecule has 0 bridgehead atoms. The van der Waals surface area contributed by atoms with Crippen LogP contribution in [0.1, 0.15) is 18.4 Å². The van der Waals surface area contributed by atoms with E-state index in [-0.39, 0.29) is 29.6 Å². The lowest BCUT2D eigenvalue weighted by Gasteiger charge is -2.25. The molecule has 3 aromatic carbocycles. The van der Waals surface area contributed by atoms with E-state index >= 15 is 0 Å². The maximum atomic E-state index is 13.5. The Bertz CT molecular complexity index is 1150. The summed E-state index contributed by atoms with van der Waals surface area (Å²) in [7, 11) is -3.86. The zero-order chi connectivity index (χ0) is 23.3. The Morgan fingerprint density at radius 3 is 2.15 bits per heavy atom. The smallest absolute Gasteiger partial charge is 0.264 e. The summed E-state index contributed by atoms with van der Waals surface area (Å²) >= 11 is 5.95. The molecule has 3 aromatic rings. The number of hydrogen-bond donors (Lipinski definition) is 1. The van der Waals surface area contributed by atoms with Crippen molar-refractivity contribution in [3.63, 3.8) is 0 Å². The fourth-order valence-corrected chi connectivity index (χ4v) is 5.40. The van der Waals surface area contributed by atoms with Crippen LogP contribution in [0.5, 0.6) is 11.5 Å². The minimum Gasteiger partial charge on any atom is -0.508 e. The summed E-state index contributed by atoms with van der Waals surface area (Å²) in [6, 6.07) is 19.7. The number of likely N-dealkylation sites (tertiary alicyclic amines) is 1. The average molecular weight is 523 g/mol. The number of sulfonamides is 1. The van der Waals surface area contributed by atoms with Crippen molar-refractivity contribution < 1.29 is 18.3 Å². The molecule has 1 aliphatic heterocycles. The third kappa shape index (κ3) is 6.57. The fraction of sp³-hybridized carbons (Fsp3) is 0.280. The summed E-state index contributed by atoms with van der Waals surface area (Å²) in [5, 5.41) is 10.0. The summed E-state index contributed by atoms with van der Waals surface area (Å²) in [6.45, 7) is 3.84. The van der Waals surface area contributed by atoms with Gasteiger partial charge in [0.15, 0.2) is 0 Å². The van der Waals surface area contributed by atoms with Crippen molar-refractivity contribution in [3.8, 4) is 11.5 Å².